The van der Waals surface area contributed by atoms with Crippen molar-refractivity contribution in [3.05, 3.63) is 58.2 Å². The smallest absolute Gasteiger partial charge is 0.227 e. The monoisotopic (exact) mass is 383 g/mol. The van der Waals surface area contributed by atoms with Crippen molar-refractivity contribution in [2.75, 3.05) is 13.1 Å². The Kier molecular flexibility index (Phi) is 5.06. The number of Topliss-reactive ketones (excluding diaryl/α,β-unsaturated/α-hetero) is 1. The third-order valence-electron chi connectivity index (χ3n) is 6.05. The minimum Gasteiger partial charge on any atom is -0.343 e. The van der Waals surface area contributed by atoms with Gasteiger partial charge in [-0.25, -0.2) is 4.39 Å². The van der Waals surface area contributed by atoms with E-state index in [1.165, 1.54) is 6.07 Å². The van der Waals surface area contributed by atoms with Gasteiger partial charge in [-0.2, -0.15) is 0 Å². The predicted octanol–water partition coefficient (Wildman–Crippen LogP) is 2.61. The maximum absolute atomic E-state index is 14.2. The van der Waals surface area contributed by atoms with Crippen LogP contribution in [0.1, 0.15) is 52.1 Å². The van der Waals surface area contributed by atoms with Crippen molar-refractivity contribution < 1.29 is 14.0 Å². The molecular formula is C22H26FN3O2. The molecule has 1 aromatic heterocycles. The summed E-state index contributed by atoms with van der Waals surface area (Å²) in [6, 6.07) is 6.74. The maximum Gasteiger partial charge on any atom is 0.227 e. The van der Waals surface area contributed by atoms with Crippen molar-refractivity contribution in [3.8, 4) is 0 Å². The molecule has 1 atom stereocenters. The molecule has 2 aromatic rings. The van der Waals surface area contributed by atoms with E-state index >= 15 is 0 Å². The minimum absolute atomic E-state index is 0.0141. The molecule has 2 N–H and O–H groups in total. The second-order valence-corrected chi connectivity index (χ2v) is 7.91. The highest BCUT2D eigenvalue weighted by molar-refractivity contribution is 6.01. The van der Waals surface area contributed by atoms with Gasteiger partial charge in [0.15, 0.2) is 5.78 Å². The van der Waals surface area contributed by atoms with Crippen molar-refractivity contribution in [2.45, 2.75) is 51.6 Å². The first-order valence-electron chi connectivity index (χ1n) is 9.96. The number of aromatic nitrogens is 1. The van der Waals surface area contributed by atoms with Gasteiger partial charge in [0.1, 0.15) is 5.82 Å². The normalized spacial score (nSPS) is 19.2. The summed E-state index contributed by atoms with van der Waals surface area (Å²) >= 11 is 0. The summed E-state index contributed by atoms with van der Waals surface area (Å²) in [6.45, 7) is 3.55. The molecular weight excluding hydrogens is 357 g/mol. The second-order valence-electron chi connectivity index (χ2n) is 7.91. The fourth-order valence-electron chi connectivity index (χ4n) is 4.49. The molecule has 0 bridgehead atoms. The van der Waals surface area contributed by atoms with Crippen LogP contribution in [0.25, 0.3) is 0 Å². The SMILES string of the molecule is Cc1c(CC(=O)N2CCC(N)C2)c2c(n1Cc1ccccc1F)CCCC2=O. The second kappa shape index (κ2) is 7.51. The number of carbonyl (C=O) groups excluding carboxylic acids is 2. The first-order chi connectivity index (χ1) is 13.5. The van der Waals surface area contributed by atoms with E-state index in [9.17, 15) is 14.0 Å². The Morgan fingerprint density at radius 3 is 2.79 bits per heavy atom. The van der Waals surface area contributed by atoms with E-state index in [1.54, 1.807) is 17.0 Å². The Morgan fingerprint density at radius 1 is 1.29 bits per heavy atom. The van der Waals surface area contributed by atoms with Crippen LogP contribution in [-0.2, 0) is 24.2 Å². The molecule has 1 unspecified atom stereocenters. The van der Waals surface area contributed by atoms with E-state index in [-0.39, 0.29) is 30.0 Å². The number of hydrogen-bond acceptors (Lipinski definition) is 3. The number of fused-ring (bicyclic) bond motifs is 1. The Hall–Kier alpha value is -2.47. The average molecular weight is 383 g/mol. The summed E-state index contributed by atoms with van der Waals surface area (Å²) in [7, 11) is 0. The summed E-state index contributed by atoms with van der Waals surface area (Å²) in [6.07, 6.45) is 3.10. The lowest BCUT2D eigenvalue weighted by molar-refractivity contribution is -0.129. The molecule has 1 saturated heterocycles. The Balaban J connectivity index is 1.70. The molecule has 1 aliphatic heterocycles. The molecule has 0 saturated carbocycles. The highest BCUT2D eigenvalue weighted by atomic mass is 19.1. The number of nitrogens with zero attached hydrogens (tertiary/aromatic N) is 2. The van der Waals surface area contributed by atoms with Crippen LogP contribution >= 0.6 is 0 Å². The minimum atomic E-state index is -0.254. The Bertz CT molecular complexity index is 934. The number of carbonyl (C=O) groups is 2. The van der Waals surface area contributed by atoms with Gasteiger partial charge in [0.2, 0.25) is 5.91 Å². The number of likely N-dealkylation sites (tertiary alicyclic amines) is 1. The number of amides is 1. The van der Waals surface area contributed by atoms with Gasteiger partial charge in [0.25, 0.3) is 0 Å². The van der Waals surface area contributed by atoms with Gasteiger partial charge in [0.05, 0.1) is 13.0 Å². The van der Waals surface area contributed by atoms with Crippen LogP contribution < -0.4 is 5.73 Å². The van der Waals surface area contributed by atoms with Crippen molar-refractivity contribution in [2.24, 2.45) is 5.73 Å². The zero-order chi connectivity index (χ0) is 19.8. The highest BCUT2D eigenvalue weighted by Gasteiger charge is 2.31. The molecule has 5 nitrogen and oxygen atoms in total. The molecule has 148 valence electrons. The number of halogens is 1. The van der Waals surface area contributed by atoms with Gasteiger partial charge in [-0.1, -0.05) is 18.2 Å². The lowest BCUT2D eigenvalue weighted by Crippen LogP contribution is -2.33. The van der Waals surface area contributed by atoms with Crippen molar-refractivity contribution in [3.63, 3.8) is 0 Å². The van der Waals surface area contributed by atoms with Crippen molar-refractivity contribution >= 4 is 11.7 Å². The largest absolute Gasteiger partial charge is 0.343 e. The van der Waals surface area contributed by atoms with Crippen LogP contribution in [0.4, 0.5) is 4.39 Å². The third kappa shape index (κ3) is 3.37. The number of ketones is 1. The molecule has 0 spiro atoms. The third-order valence-corrected chi connectivity index (χ3v) is 6.05. The Morgan fingerprint density at radius 2 is 2.07 bits per heavy atom. The average Bonchev–Trinajstić information content (AvgIpc) is 3.21. The van der Waals surface area contributed by atoms with E-state index in [4.69, 9.17) is 5.73 Å². The van der Waals surface area contributed by atoms with Crippen LogP contribution in [0.2, 0.25) is 0 Å². The number of hydrogen-bond donors (Lipinski definition) is 1. The fraction of sp³-hybridized carbons (Fsp3) is 0.455. The molecule has 1 aliphatic carbocycles. The highest BCUT2D eigenvalue weighted by Crippen LogP contribution is 2.32. The summed E-state index contributed by atoms with van der Waals surface area (Å²) < 4.78 is 16.3. The number of rotatable bonds is 4. The first-order valence-corrected chi connectivity index (χ1v) is 9.96. The van der Waals surface area contributed by atoms with E-state index < -0.39 is 0 Å². The zero-order valence-electron chi connectivity index (χ0n) is 16.2. The van der Waals surface area contributed by atoms with E-state index in [0.717, 1.165) is 36.2 Å². The molecule has 1 aromatic carbocycles. The van der Waals surface area contributed by atoms with Crippen molar-refractivity contribution in [1.29, 1.82) is 0 Å². The van der Waals surface area contributed by atoms with Crippen LogP contribution in [-0.4, -0.2) is 40.3 Å². The summed E-state index contributed by atoms with van der Waals surface area (Å²) in [5.41, 5.74) is 9.85. The molecule has 2 aliphatic rings. The fourth-order valence-corrected chi connectivity index (χ4v) is 4.49. The van der Waals surface area contributed by atoms with Gasteiger partial charge in [-0.15, -0.1) is 0 Å². The van der Waals surface area contributed by atoms with Crippen LogP contribution in [0.5, 0.6) is 0 Å². The van der Waals surface area contributed by atoms with Crippen LogP contribution in [0.15, 0.2) is 24.3 Å². The maximum atomic E-state index is 14.2. The lowest BCUT2D eigenvalue weighted by Gasteiger charge is -2.17. The zero-order valence-corrected chi connectivity index (χ0v) is 16.2. The van der Waals surface area contributed by atoms with E-state index in [2.05, 4.69) is 0 Å². The molecule has 6 heteroatoms. The number of benzene rings is 1. The lowest BCUT2D eigenvalue weighted by atomic mass is 9.92. The molecule has 4 rings (SSSR count). The summed E-state index contributed by atoms with van der Waals surface area (Å²) in [5, 5.41) is 0. The van der Waals surface area contributed by atoms with Gasteiger partial charge >= 0.3 is 0 Å². The standard InChI is InChI=1S/C22H26FN3O2/c1-14-17(11-21(28)25-10-9-16(24)13-25)22-19(7-4-8-20(22)27)26(14)12-15-5-2-3-6-18(15)23/h2-3,5-6,16H,4,7-13,24H2,1H3. The van der Waals surface area contributed by atoms with E-state index in [0.29, 0.717) is 37.2 Å². The van der Waals surface area contributed by atoms with Gasteiger partial charge < -0.3 is 15.2 Å². The molecule has 0 radical (unpaired) electrons. The van der Waals surface area contributed by atoms with Crippen molar-refractivity contribution in [1.82, 2.24) is 9.47 Å². The van der Waals surface area contributed by atoms with Crippen LogP contribution in [0, 0.1) is 12.7 Å². The predicted molar refractivity (Wildman–Crippen MR) is 105 cm³/mol. The molecule has 1 fully saturated rings. The Labute approximate surface area is 164 Å². The molecule has 2 heterocycles. The molecule has 28 heavy (non-hydrogen) atoms. The van der Waals surface area contributed by atoms with Crippen LogP contribution in [0.3, 0.4) is 0 Å². The summed E-state index contributed by atoms with van der Waals surface area (Å²) in [5.74, 6) is -0.145. The van der Waals surface area contributed by atoms with Gasteiger partial charge in [-0.3, -0.25) is 9.59 Å². The summed E-state index contributed by atoms with van der Waals surface area (Å²) in [4.78, 5) is 27.3. The van der Waals surface area contributed by atoms with Gasteiger partial charge in [0, 0.05) is 48.1 Å². The van der Waals surface area contributed by atoms with Gasteiger partial charge in [-0.05, 0) is 37.8 Å². The number of nitrogens with two attached hydrogens (primary N) is 1. The van der Waals surface area contributed by atoms with E-state index in [1.807, 2.05) is 17.6 Å². The quantitative estimate of drug-likeness (QED) is 0.882. The molecule has 1 amide bonds. The topological polar surface area (TPSA) is 68.3 Å². The first kappa shape index (κ1) is 18.9.